The van der Waals surface area contributed by atoms with Gasteiger partial charge in [-0.05, 0) is 79.1 Å². The Bertz CT molecular complexity index is 1240. The molecule has 1 fully saturated rings. The number of amides is 3. The van der Waals surface area contributed by atoms with Gasteiger partial charge in [-0.2, -0.15) is 5.10 Å². The van der Waals surface area contributed by atoms with Gasteiger partial charge in [0.1, 0.15) is 17.2 Å². The highest BCUT2D eigenvalue weighted by molar-refractivity contribution is 6.39. The van der Waals surface area contributed by atoms with E-state index in [1.165, 1.54) is 12.6 Å². The molecule has 9 nitrogen and oxygen atoms in total. The molecule has 0 saturated heterocycles. The Morgan fingerprint density at radius 2 is 1.45 bits per heavy atom. The summed E-state index contributed by atoms with van der Waals surface area (Å²) in [7, 11) is 0. The Morgan fingerprint density at radius 3 is 2.16 bits per heavy atom. The van der Waals surface area contributed by atoms with Gasteiger partial charge >= 0.3 is 11.8 Å². The van der Waals surface area contributed by atoms with Crippen molar-refractivity contribution in [2.45, 2.75) is 38.1 Å². The first-order chi connectivity index (χ1) is 18.5. The van der Waals surface area contributed by atoms with E-state index in [4.69, 9.17) is 9.47 Å². The number of carbonyl (C=O) groups excluding carboxylic acids is 3. The van der Waals surface area contributed by atoms with Crippen molar-refractivity contribution in [2.24, 2.45) is 5.10 Å². The fourth-order valence-electron chi connectivity index (χ4n) is 3.95. The molecule has 0 aliphatic heterocycles. The SMILES string of the molecule is O=C(COc1ccc(/C=N\NC(=O)C(=O)Nc2ccc(Oc3ccccc3)cc2)cc1)NC1CCCCC1. The lowest BCUT2D eigenvalue weighted by atomic mass is 9.95. The van der Waals surface area contributed by atoms with Crippen molar-refractivity contribution in [3.05, 3.63) is 84.4 Å². The van der Waals surface area contributed by atoms with Crippen LogP contribution in [0.3, 0.4) is 0 Å². The number of hydrazone groups is 1. The van der Waals surface area contributed by atoms with Crippen molar-refractivity contribution < 1.29 is 23.9 Å². The van der Waals surface area contributed by atoms with Crippen molar-refractivity contribution in [1.82, 2.24) is 10.7 Å². The lowest BCUT2D eigenvalue weighted by Crippen LogP contribution is -2.38. The van der Waals surface area contributed by atoms with E-state index in [0.29, 0.717) is 28.5 Å². The summed E-state index contributed by atoms with van der Waals surface area (Å²) in [6.07, 6.45) is 6.99. The third-order valence-electron chi connectivity index (χ3n) is 5.90. The van der Waals surface area contributed by atoms with E-state index in [2.05, 4.69) is 21.2 Å². The summed E-state index contributed by atoms with van der Waals surface area (Å²) in [5.41, 5.74) is 3.32. The Kier molecular flexibility index (Phi) is 9.45. The minimum Gasteiger partial charge on any atom is -0.484 e. The smallest absolute Gasteiger partial charge is 0.329 e. The van der Waals surface area contributed by atoms with E-state index in [0.717, 1.165) is 25.7 Å². The zero-order valence-electron chi connectivity index (χ0n) is 20.9. The second-order valence-electron chi connectivity index (χ2n) is 8.85. The Morgan fingerprint density at radius 1 is 0.789 bits per heavy atom. The molecule has 3 aromatic rings. The van der Waals surface area contributed by atoms with E-state index in [1.807, 2.05) is 30.3 Å². The predicted molar refractivity (Wildman–Crippen MR) is 144 cm³/mol. The summed E-state index contributed by atoms with van der Waals surface area (Å²) in [4.78, 5) is 36.3. The second-order valence-corrected chi connectivity index (χ2v) is 8.85. The maximum absolute atomic E-state index is 12.2. The van der Waals surface area contributed by atoms with Crippen LogP contribution in [0.1, 0.15) is 37.7 Å². The molecule has 38 heavy (non-hydrogen) atoms. The van der Waals surface area contributed by atoms with Crippen LogP contribution in [0.2, 0.25) is 0 Å². The fourth-order valence-corrected chi connectivity index (χ4v) is 3.95. The summed E-state index contributed by atoms with van der Waals surface area (Å²) in [6.45, 7) is -0.0438. The van der Waals surface area contributed by atoms with Crippen LogP contribution >= 0.6 is 0 Å². The zero-order valence-corrected chi connectivity index (χ0v) is 20.9. The molecule has 0 radical (unpaired) electrons. The summed E-state index contributed by atoms with van der Waals surface area (Å²) >= 11 is 0. The van der Waals surface area contributed by atoms with Crippen molar-refractivity contribution in [1.29, 1.82) is 0 Å². The number of hydrogen-bond acceptors (Lipinski definition) is 6. The molecule has 1 aliphatic rings. The van der Waals surface area contributed by atoms with Gasteiger partial charge < -0.3 is 20.1 Å². The number of ether oxygens (including phenoxy) is 2. The Hall–Kier alpha value is -4.66. The zero-order chi connectivity index (χ0) is 26.6. The molecule has 3 N–H and O–H groups in total. The van der Waals surface area contributed by atoms with Crippen LogP contribution in [0, 0.1) is 0 Å². The quantitative estimate of drug-likeness (QED) is 0.222. The minimum atomic E-state index is -0.908. The van der Waals surface area contributed by atoms with Crippen molar-refractivity contribution >= 4 is 29.6 Å². The van der Waals surface area contributed by atoms with Crippen LogP contribution in [0.5, 0.6) is 17.2 Å². The minimum absolute atomic E-state index is 0.0438. The van der Waals surface area contributed by atoms with Crippen molar-refractivity contribution in [3.8, 4) is 17.2 Å². The molecule has 1 aliphatic carbocycles. The van der Waals surface area contributed by atoms with Crippen LogP contribution in [0.4, 0.5) is 5.69 Å². The lowest BCUT2D eigenvalue weighted by molar-refractivity contribution is -0.136. The number of hydrogen-bond donors (Lipinski definition) is 3. The van der Waals surface area contributed by atoms with Gasteiger partial charge in [-0.25, -0.2) is 5.43 Å². The molecule has 9 heteroatoms. The number of anilines is 1. The topological polar surface area (TPSA) is 118 Å². The highest BCUT2D eigenvalue weighted by Gasteiger charge is 2.16. The van der Waals surface area contributed by atoms with Gasteiger partial charge in [0.2, 0.25) is 0 Å². The van der Waals surface area contributed by atoms with E-state index in [1.54, 1.807) is 48.5 Å². The molecule has 0 aromatic heterocycles. The largest absolute Gasteiger partial charge is 0.484 e. The number of carbonyl (C=O) groups is 3. The van der Waals surface area contributed by atoms with E-state index in [-0.39, 0.29) is 18.6 Å². The van der Waals surface area contributed by atoms with Gasteiger partial charge in [0.05, 0.1) is 6.21 Å². The van der Waals surface area contributed by atoms with E-state index in [9.17, 15) is 14.4 Å². The molecule has 0 spiro atoms. The molecule has 3 aromatic carbocycles. The Balaban J connectivity index is 1.17. The molecule has 0 unspecified atom stereocenters. The third-order valence-corrected chi connectivity index (χ3v) is 5.90. The summed E-state index contributed by atoms with van der Waals surface area (Å²) in [5, 5.41) is 9.34. The first-order valence-corrected chi connectivity index (χ1v) is 12.5. The Labute approximate surface area is 221 Å². The number of benzene rings is 3. The molecule has 1 saturated carbocycles. The van der Waals surface area contributed by atoms with Crippen LogP contribution < -0.4 is 25.5 Å². The number of para-hydroxylation sites is 1. The van der Waals surface area contributed by atoms with E-state index >= 15 is 0 Å². The van der Waals surface area contributed by atoms with Gasteiger partial charge in [0, 0.05) is 11.7 Å². The van der Waals surface area contributed by atoms with Crippen LogP contribution in [0.25, 0.3) is 0 Å². The normalized spacial score (nSPS) is 13.5. The lowest BCUT2D eigenvalue weighted by Gasteiger charge is -2.22. The third kappa shape index (κ3) is 8.48. The average molecular weight is 515 g/mol. The number of nitrogens with zero attached hydrogens (tertiary/aromatic N) is 1. The molecular formula is C29H30N4O5. The molecule has 3 amide bonds. The van der Waals surface area contributed by atoms with Gasteiger partial charge in [-0.1, -0.05) is 37.5 Å². The van der Waals surface area contributed by atoms with Crippen LogP contribution in [-0.2, 0) is 14.4 Å². The molecule has 4 rings (SSSR count). The van der Waals surface area contributed by atoms with Gasteiger partial charge in [-0.3, -0.25) is 14.4 Å². The molecule has 196 valence electrons. The highest BCUT2D eigenvalue weighted by Crippen LogP contribution is 2.22. The maximum atomic E-state index is 12.2. The highest BCUT2D eigenvalue weighted by atomic mass is 16.5. The second kappa shape index (κ2) is 13.6. The summed E-state index contributed by atoms with van der Waals surface area (Å²) in [5.74, 6) is -0.0446. The molecule has 0 bridgehead atoms. The molecular weight excluding hydrogens is 484 g/mol. The van der Waals surface area contributed by atoms with Gasteiger partial charge in [0.25, 0.3) is 5.91 Å². The summed E-state index contributed by atoms with van der Waals surface area (Å²) < 4.78 is 11.2. The van der Waals surface area contributed by atoms with Crippen LogP contribution in [0.15, 0.2) is 84.0 Å². The van der Waals surface area contributed by atoms with Gasteiger partial charge in [-0.15, -0.1) is 0 Å². The van der Waals surface area contributed by atoms with Gasteiger partial charge in [0.15, 0.2) is 6.61 Å². The molecule has 0 atom stereocenters. The monoisotopic (exact) mass is 514 g/mol. The number of nitrogens with one attached hydrogen (secondary N) is 3. The average Bonchev–Trinajstić information content (AvgIpc) is 2.95. The predicted octanol–water partition coefficient (Wildman–Crippen LogP) is 4.40. The standard InChI is InChI=1S/C29H30N4O5/c34-27(31-22-7-3-1-4-8-22)20-37-24-15-11-21(12-16-24)19-30-33-29(36)28(35)32-23-13-17-26(18-14-23)38-25-9-5-2-6-10-25/h2,5-6,9-19,22H,1,3-4,7-8,20H2,(H,31,34)(H,32,35)(H,33,36)/b30-19-. The van der Waals surface area contributed by atoms with E-state index < -0.39 is 11.8 Å². The molecule has 0 heterocycles. The summed E-state index contributed by atoms with van der Waals surface area (Å²) in [6, 6.07) is 23.1. The first-order valence-electron chi connectivity index (χ1n) is 12.5. The van der Waals surface area contributed by atoms with Crippen molar-refractivity contribution in [3.63, 3.8) is 0 Å². The first kappa shape index (κ1) is 26.4. The van der Waals surface area contributed by atoms with Crippen molar-refractivity contribution in [2.75, 3.05) is 11.9 Å². The fraction of sp³-hybridized carbons (Fsp3) is 0.241. The maximum Gasteiger partial charge on any atom is 0.329 e. The number of rotatable bonds is 9. The van der Waals surface area contributed by atoms with Crippen LogP contribution in [-0.4, -0.2) is 36.6 Å².